The number of ether oxygens (including phenoxy) is 1. The minimum absolute atomic E-state index is 0.0675. The third kappa shape index (κ3) is 1.81. The number of hydrogen-bond donors (Lipinski definition) is 1. The zero-order valence-electron chi connectivity index (χ0n) is 12.8. The minimum atomic E-state index is -0.540. The number of aryl methyl sites for hydroxylation is 1. The van der Waals surface area contributed by atoms with Crippen molar-refractivity contribution in [3.63, 3.8) is 0 Å². The summed E-state index contributed by atoms with van der Waals surface area (Å²) in [5.41, 5.74) is 2.35. The van der Waals surface area contributed by atoms with Crippen LogP contribution in [0, 0.1) is 0 Å². The summed E-state index contributed by atoms with van der Waals surface area (Å²) in [6, 6.07) is 15.5. The first-order chi connectivity index (χ1) is 11.1. The number of carbonyl (C=O) groups excluding carboxylic acids is 1. The summed E-state index contributed by atoms with van der Waals surface area (Å²) < 4.78 is 6.84. The standard InChI is InChI=1S/C19H15NO3/c1-20-16-6-4-3-5-12(16)13-8-7-11-9-15(19(22)23-2)17(21)10-14(11)18(13)20/h3-10,21H,1-2H3. The van der Waals surface area contributed by atoms with Gasteiger partial charge in [-0.2, -0.15) is 0 Å². The zero-order valence-corrected chi connectivity index (χ0v) is 12.8. The zero-order chi connectivity index (χ0) is 16.1. The second kappa shape index (κ2) is 4.74. The van der Waals surface area contributed by atoms with E-state index in [1.807, 2.05) is 25.2 Å². The Labute approximate surface area is 132 Å². The van der Waals surface area contributed by atoms with Crippen molar-refractivity contribution in [1.29, 1.82) is 0 Å². The number of nitrogens with zero attached hydrogens (tertiary/aromatic N) is 1. The molecule has 0 bridgehead atoms. The molecule has 23 heavy (non-hydrogen) atoms. The van der Waals surface area contributed by atoms with Gasteiger partial charge in [-0.3, -0.25) is 0 Å². The molecule has 0 saturated heterocycles. The summed E-state index contributed by atoms with van der Waals surface area (Å²) >= 11 is 0. The van der Waals surface area contributed by atoms with Crippen LogP contribution in [0.4, 0.5) is 0 Å². The number of para-hydroxylation sites is 1. The van der Waals surface area contributed by atoms with Gasteiger partial charge in [0.1, 0.15) is 11.3 Å². The molecule has 4 rings (SSSR count). The Morgan fingerprint density at radius 3 is 2.61 bits per heavy atom. The van der Waals surface area contributed by atoms with E-state index in [0.717, 1.165) is 27.2 Å². The van der Waals surface area contributed by atoms with Crippen LogP contribution >= 0.6 is 0 Å². The summed E-state index contributed by atoms with van der Waals surface area (Å²) in [5, 5.41) is 14.3. The monoisotopic (exact) mass is 305 g/mol. The fraction of sp³-hybridized carbons (Fsp3) is 0.105. The third-order valence-corrected chi connectivity index (χ3v) is 4.40. The second-order valence-electron chi connectivity index (χ2n) is 5.62. The van der Waals surface area contributed by atoms with E-state index < -0.39 is 5.97 Å². The molecular formula is C19H15NO3. The van der Waals surface area contributed by atoms with Crippen LogP contribution in [0.25, 0.3) is 32.6 Å². The first kappa shape index (κ1) is 13.6. The molecule has 4 nitrogen and oxygen atoms in total. The number of phenolic OH excluding ortho intramolecular Hbond substituents is 1. The number of aromatic nitrogens is 1. The number of fused-ring (bicyclic) bond motifs is 5. The van der Waals surface area contributed by atoms with E-state index in [1.54, 1.807) is 12.1 Å². The normalized spacial score (nSPS) is 11.4. The maximum Gasteiger partial charge on any atom is 0.341 e. The number of methoxy groups -OCH3 is 1. The van der Waals surface area contributed by atoms with E-state index in [4.69, 9.17) is 4.74 Å². The molecule has 0 spiro atoms. The van der Waals surface area contributed by atoms with Crippen LogP contribution in [-0.2, 0) is 11.8 Å². The highest BCUT2D eigenvalue weighted by atomic mass is 16.5. The lowest BCUT2D eigenvalue weighted by atomic mass is 10.0. The lowest BCUT2D eigenvalue weighted by Crippen LogP contribution is -2.01. The predicted octanol–water partition coefficient (Wildman–Crippen LogP) is 3.98. The first-order valence-electron chi connectivity index (χ1n) is 7.33. The number of phenols is 1. The Bertz CT molecular complexity index is 1090. The highest BCUT2D eigenvalue weighted by molar-refractivity contribution is 6.18. The fourth-order valence-electron chi connectivity index (χ4n) is 3.31. The van der Waals surface area contributed by atoms with Crippen molar-refractivity contribution in [2.75, 3.05) is 7.11 Å². The maximum absolute atomic E-state index is 11.8. The summed E-state index contributed by atoms with van der Waals surface area (Å²) in [4.78, 5) is 11.8. The molecule has 0 aliphatic rings. The Hall–Kier alpha value is -3.01. The van der Waals surface area contributed by atoms with E-state index in [1.165, 1.54) is 12.5 Å². The van der Waals surface area contributed by atoms with Crippen molar-refractivity contribution in [1.82, 2.24) is 4.57 Å². The molecule has 1 heterocycles. The molecule has 0 amide bonds. The highest BCUT2D eigenvalue weighted by Gasteiger charge is 2.16. The summed E-state index contributed by atoms with van der Waals surface area (Å²) in [5.74, 6) is -0.608. The van der Waals surface area contributed by atoms with E-state index in [0.29, 0.717) is 0 Å². The number of benzene rings is 3. The van der Waals surface area contributed by atoms with Crippen LogP contribution in [0.1, 0.15) is 10.4 Å². The molecule has 0 fully saturated rings. The minimum Gasteiger partial charge on any atom is -0.507 e. The largest absolute Gasteiger partial charge is 0.507 e. The Morgan fingerprint density at radius 1 is 1.04 bits per heavy atom. The van der Waals surface area contributed by atoms with Gasteiger partial charge in [0.2, 0.25) is 0 Å². The van der Waals surface area contributed by atoms with Gasteiger partial charge < -0.3 is 14.4 Å². The molecule has 0 aliphatic carbocycles. The highest BCUT2D eigenvalue weighted by Crippen LogP contribution is 2.36. The SMILES string of the molecule is COC(=O)c1cc2ccc3c4ccccc4n(C)c3c2cc1O. The van der Waals surface area contributed by atoms with Crippen molar-refractivity contribution in [3.05, 3.63) is 54.1 Å². The quantitative estimate of drug-likeness (QED) is 0.541. The van der Waals surface area contributed by atoms with Gasteiger partial charge in [0, 0.05) is 28.7 Å². The van der Waals surface area contributed by atoms with Crippen molar-refractivity contribution < 1.29 is 14.6 Å². The molecule has 3 aromatic carbocycles. The molecule has 114 valence electrons. The van der Waals surface area contributed by atoms with E-state index in [9.17, 15) is 9.90 Å². The van der Waals surface area contributed by atoms with Gasteiger partial charge in [-0.15, -0.1) is 0 Å². The van der Waals surface area contributed by atoms with Crippen LogP contribution in [0.15, 0.2) is 48.5 Å². The van der Waals surface area contributed by atoms with Gasteiger partial charge in [0.25, 0.3) is 0 Å². The van der Waals surface area contributed by atoms with E-state index in [2.05, 4.69) is 22.8 Å². The number of aromatic hydroxyl groups is 1. The summed E-state index contributed by atoms with van der Waals surface area (Å²) in [6.45, 7) is 0. The van der Waals surface area contributed by atoms with Crippen LogP contribution in [0.3, 0.4) is 0 Å². The number of esters is 1. The van der Waals surface area contributed by atoms with Gasteiger partial charge >= 0.3 is 5.97 Å². The van der Waals surface area contributed by atoms with Crippen molar-refractivity contribution in [2.24, 2.45) is 7.05 Å². The molecule has 4 aromatic rings. The summed E-state index contributed by atoms with van der Waals surface area (Å²) in [7, 11) is 3.31. The molecule has 0 aliphatic heterocycles. The summed E-state index contributed by atoms with van der Waals surface area (Å²) in [6.07, 6.45) is 0. The number of rotatable bonds is 1. The van der Waals surface area contributed by atoms with Gasteiger partial charge in [0.05, 0.1) is 12.6 Å². The molecule has 1 aromatic heterocycles. The smallest absolute Gasteiger partial charge is 0.341 e. The Balaban J connectivity index is 2.17. The van der Waals surface area contributed by atoms with Crippen LogP contribution in [0.2, 0.25) is 0 Å². The molecular weight excluding hydrogens is 290 g/mol. The number of carbonyl (C=O) groups is 1. The van der Waals surface area contributed by atoms with Crippen LogP contribution < -0.4 is 0 Å². The average molecular weight is 305 g/mol. The lowest BCUT2D eigenvalue weighted by molar-refractivity contribution is 0.0597. The predicted molar refractivity (Wildman–Crippen MR) is 90.9 cm³/mol. The molecule has 4 heteroatoms. The van der Waals surface area contributed by atoms with Gasteiger partial charge in [-0.1, -0.05) is 30.3 Å². The topological polar surface area (TPSA) is 51.5 Å². The average Bonchev–Trinajstić information content (AvgIpc) is 2.87. The third-order valence-electron chi connectivity index (χ3n) is 4.40. The van der Waals surface area contributed by atoms with Crippen molar-refractivity contribution >= 4 is 38.5 Å². The molecule has 1 N–H and O–H groups in total. The van der Waals surface area contributed by atoms with Crippen molar-refractivity contribution in [3.8, 4) is 5.75 Å². The van der Waals surface area contributed by atoms with E-state index >= 15 is 0 Å². The molecule has 0 radical (unpaired) electrons. The van der Waals surface area contributed by atoms with Crippen LogP contribution in [-0.4, -0.2) is 22.8 Å². The molecule has 0 unspecified atom stereocenters. The van der Waals surface area contributed by atoms with Gasteiger partial charge in [-0.25, -0.2) is 4.79 Å². The first-order valence-corrected chi connectivity index (χ1v) is 7.33. The maximum atomic E-state index is 11.8. The Kier molecular flexibility index (Phi) is 2.81. The fourth-order valence-corrected chi connectivity index (χ4v) is 3.31. The van der Waals surface area contributed by atoms with Gasteiger partial charge in [0.15, 0.2) is 0 Å². The second-order valence-corrected chi connectivity index (χ2v) is 5.62. The Morgan fingerprint density at radius 2 is 1.83 bits per heavy atom. The van der Waals surface area contributed by atoms with Gasteiger partial charge in [-0.05, 0) is 23.6 Å². The molecule has 0 saturated carbocycles. The molecule has 0 atom stereocenters. The number of hydrogen-bond acceptors (Lipinski definition) is 3. The van der Waals surface area contributed by atoms with Crippen LogP contribution in [0.5, 0.6) is 5.75 Å². The van der Waals surface area contributed by atoms with Crippen molar-refractivity contribution in [2.45, 2.75) is 0 Å². The van der Waals surface area contributed by atoms with E-state index in [-0.39, 0.29) is 11.3 Å². The lowest BCUT2D eigenvalue weighted by Gasteiger charge is -2.08.